The van der Waals surface area contributed by atoms with E-state index >= 15 is 0 Å². The van der Waals surface area contributed by atoms with E-state index in [1.54, 1.807) is 0 Å². The van der Waals surface area contributed by atoms with Crippen molar-refractivity contribution < 1.29 is 9.47 Å². The van der Waals surface area contributed by atoms with Crippen molar-refractivity contribution in [1.29, 1.82) is 0 Å². The summed E-state index contributed by atoms with van der Waals surface area (Å²) in [6.45, 7) is 2.93. The first-order valence-corrected chi connectivity index (χ1v) is 2.80. The quantitative estimate of drug-likeness (QED) is 0.340. The van der Waals surface area contributed by atoms with Crippen LogP contribution in [0.2, 0.25) is 0 Å². The summed E-state index contributed by atoms with van der Waals surface area (Å²) >= 11 is 0. The lowest BCUT2D eigenvalue weighted by Crippen LogP contribution is -2.06. The molecule has 1 aliphatic heterocycles. The van der Waals surface area contributed by atoms with E-state index in [0.29, 0.717) is 0 Å². The number of hydrogen-bond donors (Lipinski definition) is 0. The normalized spacial score (nSPS) is 23.1. The zero-order valence-electron chi connectivity index (χ0n) is 5.38. The molecule has 0 amide bonds. The van der Waals surface area contributed by atoms with Crippen LogP contribution in [0.3, 0.4) is 0 Å². The van der Waals surface area contributed by atoms with Gasteiger partial charge in [0.1, 0.15) is 0 Å². The second-order valence-electron chi connectivity index (χ2n) is 1.62. The van der Waals surface area contributed by atoms with Gasteiger partial charge >= 0.3 is 0 Å². The van der Waals surface area contributed by atoms with E-state index in [2.05, 4.69) is 0 Å². The molecule has 0 fully saturated rings. The summed E-state index contributed by atoms with van der Waals surface area (Å²) in [5.41, 5.74) is 0. The van der Waals surface area contributed by atoms with Crippen molar-refractivity contribution in [3.63, 3.8) is 0 Å². The highest BCUT2D eigenvalue weighted by Gasteiger charge is 1.88. The van der Waals surface area contributed by atoms with Crippen LogP contribution in [-0.4, -0.2) is 34.8 Å². The molecule has 0 unspecified atom stereocenters. The third-order valence-electron chi connectivity index (χ3n) is 0.967. The molecule has 3 radical (unpaired) electrons. The molecule has 0 aromatic carbocycles. The monoisotopic (exact) mass is 125 g/mol. The second-order valence-corrected chi connectivity index (χ2v) is 1.62. The fourth-order valence-electron chi connectivity index (χ4n) is 0.557. The molecule has 0 aromatic heterocycles. The van der Waals surface area contributed by atoms with Crippen molar-refractivity contribution in [3.8, 4) is 0 Å². The van der Waals surface area contributed by atoms with Crippen molar-refractivity contribution in [2.45, 2.75) is 0 Å². The summed E-state index contributed by atoms with van der Waals surface area (Å²) in [5, 5.41) is 0. The maximum Gasteiger partial charge on any atom is 0.0704 e. The SMILES string of the molecule is C1=C\COCCOC/1.[B]. The maximum absolute atomic E-state index is 5.06. The van der Waals surface area contributed by atoms with Gasteiger partial charge in [0.25, 0.3) is 0 Å². The molecule has 9 heavy (non-hydrogen) atoms. The highest BCUT2D eigenvalue weighted by molar-refractivity contribution is 5.75. The van der Waals surface area contributed by atoms with Crippen LogP contribution in [0.5, 0.6) is 0 Å². The number of ether oxygens (including phenoxy) is 2. The maximum atomic E-state index is 5.06. The molecule has 2 nitrogen and oxygen atoms in total. The molecule has 3 heteroatoms. The van der Waals surface area contributed by atoms with Gasteiger partial charge in [0.15, 0.2) is 0 Å². The summed E-state index contributed by atoms with van der Waals surface area (Å²) in [6.07, 6.45) is 3.94. The van der Waals surface area contributed by atoms with Gasteiger partial charge < -0.3 is 9.47 Å². The van der Waals surface area contributed by atoms with Crippen LogP contribution in [0, 0.1) is 0 Å². The summed E-state index contributed by atoms with van der Waals surface area (Å²) in [4.78, 5) is 0. The first-order chi connectivity index (χ1) is 4.00. The Hall–Kier alpha value is -0.275. The van der Waals surface area contributed by atoms with Crippen molar-refractivity contribution >= 4 is 8.41 Å². The summed E-state index contributed by atoms with van der Waals surface area (Å²) < 4.78 is 10.1. The third kappa shape index (κ3) is 4.24. The zero-order chi connectivity index (χ0) is 5.66. The molecule has 1 aliphatic rings. The lowest BCUT2D eigenvalue weighted by molar-refractivity contribution is 0.0638. The van der Waals surface area contributed by atoms with E-state index in [1.165, 1.54) is 0 Å². The van der Waals surface area contributed by atoms with Crippen molar-refractivity contribution in [1.82, 2.24) is 0 Å². The fourth-order valence-corrected chi connectivity index (χ4v) is 0.557. The Morgan fingerprint density at radius 1 is 0.889 bits per heavy atom. The van der Waals surface area contributed by atoms with Crippen molar-refractivity contribution in [2.75, 3.05) is 26.4 Å². The highest BCUT2D eigenvalue weighted by Crippen LogP contribution is 1.85. The first-order valence-electron chi connectivity index (χ1n) is 2.80. The van der Waals surface area contributed by atoms with Gasteiger partial charge in [-0.05, 0) is 0 Å². The van der Waals surface area contributed by atoms with Crippen LogP contribution in [-0.2, 0) is 9.47 Å². The van der Waals surface area contributed by atoms with E-state index in [1.807, 2.05) is 12.2 Å². The van der Waals surface area contributed by atoms with Crippen LogP contribution in [0.1, 0.15) is 0 Å². The van der Waals surface area contributed by atoms with Crippen LogP contribution in [0.25, 0.3) is 0 Å². The minimum Gasteiger partial charge on any atom is -0.375 e. The summed E-state index contributed by atoms with van der Waals surface area (Å²) in [5.74, 6) is 0. The molecule has 0 aromatic rings. The Morgan fingerprint density at radius 2 is 1.33 bits per heavy atom. The van der Waals surface area contributed by atoms with E-state index in [0.717, 1.165) is 26.4 Å². The minimum atomic E-state index is 0. The van der Waals surface area contributed by atoms with Gasteiger partial charge in [-0.1, -0.05) is 12.2 Å². The molecule has 0 spiro atoms. The summed E-state index contributed by atoms with van der Waals surface area (Å²) in [6, 6.07) is 0. The molecule has 0 saturated heterocycles. The molecule has 0 saturated carbocycles. The molecule has 1 rings (SSSR count). The van der Waals surface area contributed by atoms with Gasteiger partial charge in [-0.25, -0.2) is 0 Å². The lowest BCUT2D eigenvalue weighted by atomic mass is 10.5. The van der Waals surface area contributed by atoms with Gasteiger partial charge in [-0.2, -0.15) is 0 Å². The Balaban J connectivity index is 0.000000640. The van der Waals surface area contributed by atoms with Gasteiger partial charge in [0.05, 0.1) is 26.4 Å². The molecule has 49 valence electrons. The largest absolute Gasteiger partial charge is 0.375 e. The lowest BCUT2D eigenvalue weighted by Gasteiger charge is -2.04. The van der Waals surface area contributed by atoms with Crippen LogP contribution in [0.15, 0.2) is 12.2 Å². The minimum absolute atomic E-state index is 0. The van der Waals surface area contributed by atoms with E-state index in [4.69, 9.17) is 9.47 Å². The van der Waals surface area contributed by atoms with Crippen molar-refractivity contribution in [3.05, 3.63) is 12.2 Å². The smallest absolute Gasteiger partial charge is 0.0704 e. The zero-order valence-corrected chi connectivity index (χ0v) is 5.38. The first kappa shape index (κ1) is 8.72. The van der Waals surface area contributed by atoms with E-state index in [9.17, 15) is 0 Å². The van der Waals surface area contributed by atoms with Crippen LogP contribution in [0.4, 0.5) is 0 Å². The number of hydrogen-bond acceptors (Lipinski definition) is 2. The average Bonchev–Trinajstić information content (AvgIpc) is 1.62. The molecule has 0 N–H and O–H groups in total. The Bertz CT molecular complexity index is 73.1. The molecule has 1 heterocycles. The molecular weight excluding hydrogens is 115 g/mol. The van der Waals surface area contributed by atoms with Crippen molar-refractivity contribution in [2.24, 2.45) is 0 Å². The summed E-state index contributed by atoms with van der Waals surface area (Å²) in [7, 11) is 0. The van der Waals surface area contributed by atoms with E-state index in [-0.39, 0.29) is 8.41 Å². The van der Waals surface area contributed by atoms with Crippen LogP contribution < -0.4 is 0 Å². The van der Waals surface area contributed by atoms with Gasteiger partial charge in [0, 0.05) is 8.41 Å². The molecular formula is C6H10BO2. The molecule has 0 atom stereocenters. The Morgan fingerprint density at radius 3 is 1.78 bits per heavy atom. The van der Waals surface area contributed by atoms with Gasteiger partial charge in [-0.3, -0.25) is 0 Å². The van der Waals surface area contributed by atoms with E-state index < -0.39 is 0 Å². The topological polar surface area (TPSA) is 18.5 Å². The Labute approximate surface area is 57.4 Å². The third-order valence-corrected chi connectivity index (χ3v) is 0.967. The predicted octanol–water partition coefficient (Wildman–Crippen LogP) is 0.209. The second kappa shape index (κ2) is 5.85. The predicted molar refractivity (Wildman–Crippen MR) is 36.5 cm³/mol. The van der Waals surface area contributed by atoms with Gasteiger partial charge in [0.2, 0.25) is 0 Å². The fraction of sp³-hybridized carbons (Fsp3) is 0.667. The highest BCUT2D eigenvalue weighted by atomic mass is 16.5. The Kier molecular flexibility index (Phi) is 5.68. The standard InChI is InChI=1S/C6H10O2.B/c1-2-4-8-6-5-7-3-1;/h1-2H,3-6H2;/b2-1-;. The molecule has 0 bridgehead atoms. The average molecular weight is 125 g/mol. The number of rotatable bonds is 0. The molecule has 0 aliphatic carbocycles. The van der Waals surface area contributed by atoms with Gasteiger partial charge in [-0.15, -0.1) is 0 Å². The van der Waals surface area contributed by atoms with Crippen LogP contribution >= 0.6 is 0 Å².